The number of aliphatic hydroxyl groups is 3. The molecular weight excluding hydrogens is 400 g/mol. The number of fused-ring (bicyclic) bond motifs is 1. The van der Waals surface area contributed by atoms with Crippen LogP contribution in [0.2, 0.25) is 0 Å². The largest absolute Gasteiger partial charge is 0.393 e. The van der Waals surface area contributed by atoms with Crippen LogP contribution in [-0.4, -0.2) is 46.3 Å². The fraction of sp³-hybridized carbons (Fsp3) is 0.714. The summed E-state index contributed by atoms with van der Waals surface area (Å²) < 4.78 is 5.58. The van der Waals surface area contributed by atoms with Gasteiger partial charge in [0.15, 0.2) is 0 Å². The van der Waals surface area contributed by atoms with Crippen LogP contribution in [0.25, 0.3) is 0 Å². The SMILES string of the molecule is C=C1/C(=C\C=C2/CCC[C@]3(C)[C@@H]([C@@H](C)/C=C/COCC(C)(C)O)CC[C@@H]23)C[C@@H](O)C[C@@H]1O. The molecule has 0 bridgehead atoms. The molecule has 0 saturated heterocycles. The maximum atomic E-state index is 10.1. The van der Waals surface area contributed by atoms with Gasteiger partial charge >= 0.3 is 0 Å². The Balaban J connectivity index is 1.66. The van der Waals surface area contributed by atoms with Crippen molar-refractivity contribution in [3.63, 3.8) is 0 Å². The Labute approximate surface area is 194 Å². The van der Waals surface area contributed by atoms with Crippen molar-refractivity contribution in [2.24, 2.45) is 23.2 Å². The van der Waals surface area contributed by atoms with Crippen molar-refractivity contribution in [3.05, 3.63) is 47.6 Å². The van der Waals surface area contributed by atoms with Gasteiger partial charge in [0.25, 0.3) is 0 Å². The molecule has 3 saturated carbocycles. The molecule has 180 valence electrons. The number of rotatable bonds is 7. The van der Waals surface area contributed by atoms with E-state index >= 15 is 0 Å². The van der Waals surface area contributed by atoms with Crippen LogP contribution in [0.4, 0.5) is 0 Å². The molecule has 0 heterocycles. The van der Waals surface area contributed by atoms with Crippen LogP contribution >= 0.6 is 0 Å². The van der Waals surface area contributed by atoms with Gasteiger partial charge in [-0.25, -0.2) is 0 Å². The van der Waals surface area contributed by atoms with Gasteiger partial charge in [0.05, 0.1) is 31.0 Å². The molecule has 32 heavy (non-hydrogen) atoms. The standard InChI is InChI=1S/C28H44O4/c1-19(8-7-15-32-18-27(3,4)31)24-12-13-25-21(9-6-14-28(24,25)5)10-11-22-16-23(29)17-26(30)20(22)2/h7-8,10-11,19,23-26,29-31H,2,6,9,12-18H2,1,3-5H3/b8-7+,21-10+,22-11-/t19-,23+,24+,25-,26-,28+/m0/s1. The van der Waals surface area contributed by atoms with E-state index in [1.54, 1.807) is 13.8 Å². The number of hydrogen-bond donors (Lipinski definition) is 3. The molecule has 4 nitrogen and oxygen atoms in total. The van der Waals surface area contributed by atoms with Crippen molar-refractivity contribution in [3.8, 4) is 0 Å². The molecule has 3 aliphatic carbocycles. The summed E-state index contributed by atoms with van der Waals surface area (Å²) in [6.45, 7) is 13.3. The van der Waals surface area contributed by atoms with Crippen molar-refractivity contribution >= 4 is 0 Å². The first-order valence-electron chi connectivity index (χ1n) is 12.4. The van der Waals surface area contributed by atoms with Crippen molar-refractivity contribution in [2.75, 3.05) is 13.2 Å². The van der Waals surface area contributed by atoms with Gasteiger partial charge in [-0.05, 0) is 86.7 Å². The molecule has 3 aliphatic rings. The second-order valence-corrected chi connectivity index (χ2v) is 11.3. The highest BCUT2D eigenvalue weighted by atomic mass is 16.5. The third-order valence-electron chi connectivity index (χ3n) is 8.05. The highest BCUT2D eigenvalue weighted by Crippen LogP contribution is 2.59. The second kappa shape index (κ2) is 10.4. The second-order valence-electron chi connectivity index (χ2n) is 11.3. The first-order valence-corrected chi connectivity index (χ1v) is 12.4. The summed E-state index contributed by atoms with van der Waals surface area (Å²) in [7, 11) is 0. The summed E-state index contributed by atoms with van der Waals surface area (Å²) in [6.07, 6.45) is 14.8. The Bertz CT molecular complexity index is 756. The average Bonchev–Trinajstić information content (AvgIpc) is 3.06. The van der Waals surface area contributed by atoms with E-state index < -0.39 is 17.8 Å². The molecule has 3 rings (SSSR count). The first-order chi connectivity index (χ1) is 15.0. The Hall–Kier alpha value is -1.20. The molecule has 0 spiro atoms. The van der Waals surface area contributed by atoms with Crippen molar-refractivity contribution < 1.29 is 20.1 Å². The van der Waals surface area contributed by atoms with Crippen molar-refractivity contribution in [1.82, 2.24) is 0 Å². The molecule has 0 radical (unpaired) electrons. The fourth-order valence-electron chi connectivity index (χ4n) is 6.39. The van der Waals surface area contributed by atoms with Crippen LogP contribution in [-0.2, 0) is 4.74 Å². The number of aliphatic hydroxyl groups excluding tert-OH is 2. The summed E-state index contributed by atoms with van der Waals surface area (Å²) in [6, 6.07) is 0. The van der Waals surface area contributed by atoms with E-state index in [9.17, 15) is 15.3 Å². The molecule has 4 heteroatoms. The molecule has 0 amide bonds. The molecule has 6 atom stereocenters. The Morgan fingerprint density at radius 3 is 2.72 bits per heavy atom. The van der Waals surface area contributed by atoms with Gasteiger partial charge in [-0.15, -0.1) is 0 Å². The van der Waals surface area contributed by atoms with Gasteiger partial charge in [-0.3, -0.25) is 0 Å². The zero-order chi connectivity index (χ0) is 23.5. The fourth-order valence-corrected chi connectivity index (χ4v) is 6.39. The van der Waals surface area contributed by atoms with Gasteiger partial charge in [0.2, 0.25) is 0 Å². The topological polar surface area (TPSA) is 69.9 Å². The normalized spacial score (nSPS) is 37.4. The predicted octanol–water partition coefficient (Wildman–Crippen LogP) is 5.11. The van der Waals surface area contributed by atoms with Crippen molar-refractivity contribution in [2.45, 2.75) is 90.4 Å². The first kappa shape index (κ1) is 25.4. The Kier molecular flexibility index (Phi) is 8.25. The van der Waals surface area contributed by atoms with E-state index in [1.165, 1.54) is 31.3 Å². The lowest BCUT2D eigenvalue weighted by molar-refractivity contribution is -0.0125. The smallest absolute Gasteiger partial charge is 0.0824 e. The zero-order valence-electron chi connectivity index (χ0n) is 20.5. The van der Waals surface area contributed by atoms with E-state index in [2.05, 4.69) is 44.7 Å². The van der Waals surface area contributed by atoms with Gasteiger partial charge in [0.1, 0.15) is 0 Å². The lowest BCUT2D eigenvalue weighted by atomic mass is 9.61. The zero-order valence-corrected chi connectivity index (χ0v) is 20.5. The van der Waals surface area contributed by atoms with Crippen LogP contribution in [0.3, 0.4) is 0 Å². The van der Waals surface area contributed by atoms with E-state index in [4.69, 9.17) is 4.74 Å². The quantitative estimate of drug-likeness (QED) is 0.377. The molecule has 3 fully saturated rings. The molecule has 0 aromatic carbocycles. The van der Waals surface area contributed by atoms with Crippen molar-refractivity contribution in [1.29, 1.82) is 0 Å². The molecule has 0 aliphatic heterocycles. The lowest BCUT2D eigenvalue weighted by Gasteiger charge is -2.44. The molecular formula is C28H44O4. The van der Waals surface area contributed by atoms with Crippen LogP contribution in [0.15, 0.2) is 47.6 Å². The summed E-state index contributed by atoms with van der Waals surface area (Å²) in [5.74, 6) is 1.76. The van der Waals surface area contributed by atoms with E-state index in [1.807, 2.05) is 0 Å². The Morgan fingerprint density at radius 1 is 1.25 bits per heavy atom. The molecule has 0 aromatic heterocycles. The van der Waals surface area contributed by atoms with Gasteiger partial charge < -0.3 is 20.1 Å². The molecule has 3 N–H and O–H groups in total. The number of allylic oxidation sites excluding steroid dienone is 4. The van der Waals surface area contributed by atoms with Gasteiger partial charge in [0, 0.05) is 6.42 Å². The Morgan fingerprint density at radius 2 is 2.00 bits per heavy atom. The van der Waals surface area contributed by atoms with E-state index in [0.717, 1.165) is 17.6 Å². The molecule has 0 aromatic rings. The summed E-state index contributed by atoms with van der Waals surface area (Å²) in [5, 5.41) is 29.9. The van der Waals surface area contributed by atoms with Crippen LogP contribution < -0.4 is 0 Å². The lowest BCUT2D eigenvalue weighted by Crippen LogP contribution is -2.35. The minimum atomic E-state index is -0.786. The maximum Gasteiger partial charge on any atom is 0.0824 e. The predicted molar refractivity (Wildman–Crippen MR) is 130 cm³/mol. The summed E-state index contributed by atoms with van der Waals surface area (Å²) in [4.78, 5) is 0. The highest BCUT2D eigenvalue weighted by Gasteiger charge is 2.50. The summed E-state index contributed by atoms with van der Waals surface area (Å²) >= 11 is 0. The van der Waals surface area contributed by atoms with Gasteiger partial charge in [-0.1, -0.05) is 50.3 Å². The monoisotopic (exact) mass is 444 g/mol. The third kappa shape index (κ3) is 6.02. The minimum Gasteiger partial charge on any atom is -0.393 e. The molecule has 0 unspecified atom stereocenters. The maximum absolute atomic E-state index is 10.1. The van der Waals surface area contributed by atoms with Crippen LogP contribution in [0, 0.1) is 23.2 Å². The van der Waals surface area contributed by atoms with Crippen LogP contribution in [0.5, 0.6) is 0 Å². The minimum absolute atomic E-state index is 0.308. The van der Waals surface area contributed by atoms with Gasteiger partial charge in [-0.2, -0.15) is 0 Å². The third-order valence-corrected chi connectivity index (χ3v) is 8.05. The summed E-state index contributed by atoms with van der Waals surface area (Å²) in [5.41, 5.74) is 2.81. The number of hydrogen-bond acceptors (Lipinski definition) is 4. The van der Waals surface area contributed by atoms with Crippen LogP contribution in [0.1, 0.15) is 72.6 Å². The number of ether oxygens (including phenoxy) is 1. The highest BCUT2D eigenvalue weighted by molar-refractivity contribution is 5.38. The average molecular weight is 445 g/mol. The van der Waals surface area contributed by atoms with E-state index in [-0.39, 0.29) is 0 Å². The van der Waals surface area contributed by atoms with E-state index in [0.29, 0.717) is 49.2 Å².